The Morgan fingerprint density at radius 2 is 1.59 bits per heavy atom. The van der Waals surface area contributed by atoms with Gasteiger partial charge >= 0.3 is 0 Å². The minimum atomic E-state index is 0.162. The molecular formula is C23H19ClN2O3. The molecule has 4 aromatic rings. The molecule has 0 N–H and O–H groups in total. The van der Waals surface area contributed by atoms with Crippen LogP contribution in [0.4, 0.5) is 0 Å². The second-order valence-electron chi connectivity index (χ2n) is 6.37. The number of hydrogen-bond acceptors (Lipinski definition) is 5. The molecule has 0 aliphatic rings. The lowest BCUT2D eigenvalue weighted by molar-refractivity contribution is 0.306. The summed E-state index contributed by atoms with van der Waals surface area (Å²) in [6.07, 6.45) is 0. The summed E-state index contributed by atoms with van der Waals surface area (Å²) in [6, 6.07) is 21.4. The molecule has 0 bridgehead atoms. The molecule has 0 spiro atoms. The molecule has 0 atom stereocenters. The highest BCUT2D eigenvalue weighted by Gasteiger charge is 2.14. The van der Waals surface area contributed by atoms with Gasteiger partial charge in [-0.1, -0.05) is 42.5 Å². The van der Waals surface area contributed by atoms with E-state index >= 15 is 0 Å². The Morgan fingerprint density at radius 1 is 0.828 bits per heavy atom. The molecular weight excluding hydrogens is 388 g/mol. The maximum atomic E-state index is 6.20. The SMILES string of the molecule is COc1cc2nc(Cl)nc(-c3cccc(OCc4ccccc4)c3)c2cc1OC. The second kappa shape index (κ2) is 8.37. The molecule has 0 aliphatic carbocycles. The van der Waals surface area contributed by atoms with Crippen molar-refractivity contribution in [1.82, 2.24) is 9.97 Å². The van der Waals surface area contributed by atoms with E-state index in [1.165, 1.54) is 0 Å². The van der Waals surface area contributed by atoms with Crippen LogP contribution in [-0.2, 0) is 6.61 Å². The van der Waals surface area contributed by atoms with E-state index in [2.05, 4.69) is 9.97 Å². The van der Waals surface area contributed by atoms with Crippen LogP contribution in [0.1, 0.15) is 5.56 Å². The van der Waals surface area contributed by atoms with Gasteiger partial charge in [-0.3, -0.25) is 0 Å². The van der Waals surface area contributed by atoms with Crippen molar-refractivity contribution in [3.8, 4) is 28.5 Å². The molecule has 5 nitrogen and oxygen atoms in total. The third kappa shape index (κ3) is 4.10. The van der Waals surface area contributed by atoms with E-state index in [1.807, 2.05) is 60.7 Å². The Kier molecular flexibility index (Phi) is 5.49. The molecule has 0 aliphatic heterocycles. The summed E-state index contributed by atoms with van der Waals surface area (Å²) in [6.45, 7) is 0.487. The molecule has 0 amide bonds. The van der Waals surface area contributed by atoms with Crippen LogP contribution >= 0.6 is 11.6 Å². The number of nitrogens with zero attached hydrogens (tertiary/aromatic N) is 2. The molecule has 3 aromatic carbocycles. The predicted octanol–water partition coefficient (Wildman–Crippen LogP) is 5.55. The van der Waals surface area contributed by atoms with Crippen molar-refractivity contribution in [1.29, 1.82) is 0 Å². The van der Waals surface area contributed by atoms with E-state index in [-0.39, 0.29) is 5.28 Å². The first-order valence-electron chi connectivity index (χ1n) is 9.04. The van der Waals surface area contributed by atoms with Gasteiger partial charge in [0.15, 0.2) is 11.5 Å². The van der Waals surface area contributed by atoms with Crippen LogP contribution in [0.25, 0.3) is 22.2 Å². The molecule has 0 fully saturated rings. The van der Waals surface area contributed by atoms with Crippen LogP contribution in [0, 0.1) is 0 Å². The first kappa shape index (κ1) is 19.0. The number of fused-ring (bicyclic) bond motifs is 1. The third-order valence-electron chi connectivity index (χ3n) is 4.53. The fourth-order valence-electron chi connectivity index (χ4n) is 3.12. The summed E-state index contributed by atoms with van der Waals surface area (Å²) in [7, 11) is 3.18. The zero-order chi connectivity index (χ0) is 20.2. The van der Waals surface area contributed by atoms with E-state index in [1.54, 1.807) is 20.3 Å². The summed E-state index contributed by atoms with van der Waals surface area (Å²) < 4.78 is 16.8. The van der Waals surface area contributed by atoms with Gasteiger partial charge in [0, 0.05) is 17.0 Å². The Balaban J connectivity index is 1.74. The van der Waals surface area contributed by atoms with Crippen molar-refractivity contribution in [2.75, 3.05) is 14.2 Å². The van der Waals surface area contributed by atoms with Gasteiger partial charge in [-0.15, -0.1) is 0 Å². The monoisotopic (exact) mass is 406 g/mol. The Labute approximate surface area is 173 Å². The van der Waals surface area contributed by atoms with Crippen LogP contribution in [0.5, 0.6) is 17.2 Å². The number of aromatic nitrogens is 2. The highest BCUT2D eigenvalue weighted by Crippen LogP contribution is 2.36. The third-order valence-corrected chi connectivity index (χ3v) is 4.70. The topological polar surface area (TPSA) is 53.5 Å². The van der Waals surface area contributed by atoms with E-state index < -0.39 is 0 Å². The first-order chi connectivity index (χ1) is 14.2. The van der Waals surface area contributed by atoms with Gasteiger partial charge < -0.3 is 14.2 Å². The van der Waals surface area contributed by atoms with Crippen molar-refractivity contribution in [2.24, 2.45) is 0 Å². The van der Waals surface area contributed by atoms with Crippen molar-refractivity contribution >= 4 is 22.5 Å². The second-order valence-corrected chi connectivity index (χ2v) is 6.71. The van der Waals surface area contributed by atoms with Crippen molar-refractivity contribution in [2.45, 2.75) is 6.61 Å². The molecule has 1 heterocycles. The minimum absolute atomic E-state index is 0.162. The summed E-state index contributed by atoms with van der Waals surface area (Å²) in [5.74, 6) is 1.93. The van der Waals surface area contributed by atoms with Crippen molar-refractivity contribution in [3.05, 3.63) is 77.6 Å². The average molecular weight is 407 g/mol. The van der Waals surface area contributed by atoms with Crippen LogP contribution in [0.2, 0.25) is 5.28 Å². The van der Waals surface area contributed by atoms with E-state index in [4.69, 9.17) is 25.8 Å². The van der Waals surface area contributed by atoms with E-state index in [0.717, 1.165) is 22.3 Å². The Hall–Kier alpha value is -3.31. The summed E-state index contributed by atoms with van der Waals surface area (Å²) in [5.41, 5.74) is 3.35. The molecule has 0 saturated heterocycles. The normalized spacial score (nSPS) is 10.7. The summed E-state index contributed by atoms with van der Waals surface area (Å²) in [4.78, 5) is 8.80. The van der Waals surface area contributed by atoms with E-state index in [9.17, 15) is 0 Å². The van der Waals surface area contributed by atoms with Gasteiger partial charge in [-0.25, -0.2) is 9.97 Å². The number of rotatable bonds is 6. The molecule has 6 heteroatoms. The number of ether oxygens (including phenoxy) is 3. The molecule has 1 aromatic heterocycles. The molecule has 0 unspecified atom stereocenters. The summed E-state index contributed by atoms with van der Waals surface area (Å²) in [5, 5.41) is 0.975. The zero-order valence-corrected chi connectivity index (χ0v) is 16.8. The van der Waals surface area contributed by atoms with Gasteiger partial charge in [0.2, 0.25) is 5.28 Å². The quantitative estimate of drug-likeness (QED) is 0.393. The van der Waals surface area contributed by atoms with Crippen LogP contribution in [0.15, 0.2) is 66.7 Å². The Morgan fingerprint density at radius 3 is 2.34 bits per heavy atom. The number of methoxy groups -OCH3 is 2. The molecule has 0 saturated carbocycles. The number of benzene rings is 3. The Bertz CT molecular complexity index is 1150. The smallest absolute Gasteiger partial charge is 0.223 e. The minimum Gasteiger partial charge on any atom is -0.493 e. The molecule has 4 rings (SSSR count). The predicted molar refractivity (Wildman–Crippen MR) is 114 cm³/mol. The van der Waals surface area contributed by atoms with Gasteiger partial charge in [-0.05, 0) is 35.4 Å². The van der Waals surface area contributed by atoms with Crippen molar-refractivity contribution < 1.29 is 14.2 Å². The van der Waals surface area contributed by atoms with E-state index in [0.29, 0.717) is 29.3 Å². The van der Waals surface area contributed by atoms with Gasteiger partial charge in [0.05, 0.1) is 25.4 Å². The fraction of sp³-hybridized carbons (Fsp3) is 0.130. The lowest BCUT2D eigenvalue weighted by Gasteiger charge is -2.12. The highest BCUT2D eigenvalue weighted by molar-refractivity contribution is 6.28. The fourth-order valence-corrected chi connectivity index (χ4v) is 3.30. The lowest BCUT2D eigenvalue weighted by Crippen LogP contribution is -1.97. The van der Waals surface area contributed by atoms with Crippen LogP contribution in [-0.4, -0.2) is 24.2 Å². The largest absolute Gasteiger partial charge is 0.493 e. The van der Waals surface area contributed by atoms with Crippen LogP contribution in [0.3, 0.4) is 0 Å². The first-order valence-corrected chi connectivity index (χ1v) is 9.42. The van der Waals surface area contributed by atoms with Gasteiger partial charge in [0.25, 0.3) is 0 Å². The summed E-state index contributed by atoms with van der Waals surface area (Å²) >= 11 is 6.20. The maximum Gasteiger partial charge on any atom is 0.223 e. The highest BCUT2D eigenvalue weighted by atomic mass is 35.5. The molecule has 0 radical (unpaired) electrons. The molecule has 146 valence electrons. The van der Waals surface area contributed by atoms with Crippen LogP contribution < -0.4 is 14.2 Å². The van der Waals surface area contributed by atoms with Crippen molar-refractivity contribution in [3.63, 3.8) is 0 Å². The van der Waals surface area contributed by atoms with Gasteiger partial charge in [-0.2, -0.15) is 0 Å². The number of halogens is 1. The zero-order valence-electron chi connectivity index (χ0n) is 16.1. The van der Waals surface area contributed by atoms with Gasteiger partial charge in [0.1, 0.15) is 12.4 Å². The standard InChI is InChI=1S/C23H19ClN2O3/c1-27-20-12-18-19(13-21(20)28-2)25-23(24)26-22(18)16-9-6-10-17(11-16)29-14-15-7-4-3-5-8-15/h3-13H,14H2,1-2H3. The maximum absolute atomic E-state index is 6.20. The lowest BCUT2D eigenvalue weighted by atomic mass is 10.1. The average Bonchev–Trinajstić information content (AvgIpc) is 2.77. The number of hydrogen-bond donors (Lipinski definition) is 0. The molecule has 29 heavy (non-hydrogen) atoms.